The van der Waals surface area contributed by atoms with Gasteiger partial charge in [0, 0.05) is 23.7 Å². The number of hydrogen-bond acceptors (Lipinski definition) is 3. The maximum Gasteiger partial charge on any atom is 0.124 e. The molecular formula is C26H24ClNO2. The Morgan fingerprint density at radius 2 is 1.57 bits per heavy atom. The quantitative estimate of drug-likeness (QED) is 0.375. The van der Waals surface area contributed by atoms with Gasteiger partial charge in [0.2, 0.25) is 0 Å². The highest BCUT2D eigenvalue weighted by Crippen LogP contribution is 2.29. The van der Waals surface area contributed by atoms with E-state index < -0.39 is 6.10 Å². The summed E-state index contributed by atoms with van der Waals surface area (Å²) >= 11 is 5.98. The SMILES string of the molecule is O[C@H](CNCc1c(OCc2ccc(Cl)cc2)ccc2ccccc12)c1ccccc1. The van der Waals surface area contributed by atoms with Gasteiger partial charge in [-0.2, -0.15) is 0 Å². The second-order valence-corrected chi connectivity index (χ2v) is 7.67. The zero-order valence-electron chi connectivity index (χ0n) is 16.6. The molecule has 3 nitrogen and oxygen atoms in total. The maximum absolute atomic E-state index is 10.5. The van der Waals surface area contributed by atoms with Crippen LogP contribution in [0.2, 0.25) is 5.02 Å². The van der Waals surface area contributed by atoms with Crippen LogP contribution in [0.3, 0.4) is 0 Å². The molecule has 0 aliphatic rings. The van der Waals surface area contributed by atoms with Crippen molar-refractivity contribution in [3.63, 3.8) is 0 Å². The van der Waals surface area contributed by atoms with E-state index in [2.05, 4.69) is 23.5 Å². The first-order chi connectivity index (χ1) is 14.7. The molecule has 0 unspecified atom stereocenters. The molecule has 4 aromatic rings. The summed E-state index contributed by atoms with van der Waals surface area (Å²) in [6.07, 6.45) is -0.556. The van der Waals surface area contributed by atoms with E-state index in [1.807, 2.05) is 72.8 Å². The van der Waals surface area contributed by atoms with Crippen LogP contribution >= 0.6 is 11.6 Å². The number of hydrogen-bond donors (Lipinski definition) is 2. The predicted molar refractivity (Wildman–Crippen MR) is 123 cm³/mol. The monoisotopic (exact) mass is 417 g/mol. The van der Waals surface area contributed by atoms with Crippen LogP contribution in [0, 0.1) is 0 Å². The first-order valence-electron chi connectivity index (χ1n) is 10.0. The minimum absolute atomic E-state index is 0.462. The average Bonchev–Trinajstić information content (AvgIpc) is 2.80. The number of aliphatic hydroxyl groups is 1. The van der Waals surface area contributed by atoms with Crippen LogP contribution in [0.25, 0.3) is 10.8 Å². The summed E-state index contributed by atoms with van der Waals surface area (Å²) < 4.78 is 6.17. The van der Waals surface area contributed by atoms with E-state index in [9.17, 15) is 5.11 Å². The van der Waals surface area contributed by atoms with Crippen molar-refractivity contribution in [3.8, 4) is 5.75 Å². The van der Waals surface area contributed by atoms with Crippen LogP contribution in [0.4, 0.5) is 0 Å². The molecule has 0 aliphatic heterocycles. The molecular weight excluding hydrogens is 394 g/mol. The van der Waals surface area contributed by atoms with Gasteiger partial charge in [-0.3, -0.25) is 0 Å². The van der Waals surface area contributed by atoms with Crippen LogP contribution in [0.5, 0.6) is 5.75 Å². The number of halogens is 1. The van der Waals surface area contributed by atoms with Gasteiger partial charge in [-0.1, -0.05) is 84.4 Å². The summed E-state index contributed by atoms with van der Waals surface area (Å²) in [5.74, 6) is 0.838. The molecule has 0 amide bonds. The molecule has 0 radical (unpaired) electrons. The summed E-state index contributed by atoms with van der Waals surface area (Å²) in [5.41, 5.74) is 3.05. The number of aliphatic hydroxyl groups excluding tert-OH is 1. The summed E-state index contributed by atoms with van der Waals surface area (Å²) in [6.45, 7) is 1.53. The molecule has 0 heterocycles. The second-order valence-electron chi connectivity index (χ2n) is 7.24. The van der Waals surface area contributed by atoms with Crippen molar-refractivity contribution < 1.29 is 9.84 Å². The standard InChI is InChI=1S/C26H24ClNO2/c27-22-13-10-19(11-14-22)18-30-26-15-12-20-6-4-5-9-23(20)24(26)16-28-17-25(29)21-7-2-1-3-8-21/h1-15,25,28-29H,16-18H2/t25-/m1/s1. The highest BCUT2D eigenvalue weighted by molar-refractivity contribution is 6.30. The minimum Gasteiger partial charge on any atom is -0.489 e. The van der Waals surface area contributed by atoms with Crippen molar-refractivity contribution in [1.82, 2.24) is 5.32 Å². The molecule has 1 atom stereocenters. The molecule has 0 spiro atoms. The molecule has 0 aromatic heterocycles. The van der Waals surface area contributed by atoms with E-state index >= 15 is 0 Å². The van der Waals surface area contributed by atoms with Gasteiger partial charge in [0.1, 0.15) is 12.4 Å². The first kappa shape index (κ1) is 20.4. The summed E-state index contributed by atoms with van der Waals surface area (Å²) in [4.78, 5) is 0. The van der Waals surface area contributed by atoms with Crippen molar-refractivity contribution in [1.29, 1.82) is 0 Å². The molecule has 0 aliphatic carbocycles. The third-order valence-electron chi connectivity index (χ3n) is 5.13. The largest absolute Gasteiger partial charge is 0.489 e. The molecule has 0 fully saturated rings. The third kappa shape index (κ3) is 5.00. The molecule has 0 bridgehead atoms. The number of nitrogens with one attached hydrogen (secondary N) is 1. The Morgan fingerprint density at radius 1 is 0.833 bits per heavy atom. The molecule has 152 valence electrons. The smallest absolute Gasteiger partial charge is 0.124 e. The molecule has 4 heteroatoms. The molecule has 0 saturated carbocycles. The Labute approximate surface area is 181 Å². The lowest BCUT2D eigenvalue weighted by Gasteiger charge is -2.17. The summed E-state index contributed by atoms with van der Waals surface area (Å²) in [6, 6.07) is 29.7. The molecule has 0 saturated heterocycles. The van der Waals surface area contributed by atoms with Crippen molar-refractivity contribution in [3.05, 3.63) is 113 Å². The fraction of sp³-hybridized carbons (Fsp3) is 0.154. The van der Waals surface area contributed by atoms with E-state index in [0.717, 1.165) is 33.2 Å². The maximum atomic E-state index is 10.5. The van der Waals surface area contributed by atoms with Crippen molar-refractivity contribution in [2.24, 2.45) is 0 Å². The van der Waals surface area contributed by atoms with Crippen molar-refractivity contribution in [2.75, 3.05) is 6.54 Å². The van der Waals surface area contributed by atoms with Crippen LogP contribution < -0.4 is 10.1 Å². The Balaban J connectivity index is 1.50. The fourth-order valence-corrected chi connectivity index (χ4v) is 3.63. The van der Waals surface area contributed by atoms with Crippen LogP contribution in [0.15, 0.2) is 91.0 Å². The van der Waals surface area contributed by atoms with Gasteiger partial charge in [-0.25, -0.2) is 0 Å². The number of fused-ring (bicyclic) bond motifs is 1. The van der Waals surface area contributed by atoms with Gasteiger partial charge in [0.25, 0.3) is 0 Å². The van der Waals surface area contributed by atoms with E-state index in [4.69, 9.17) is 16.3 Å². The highest BCUT2D eigenvalue weighted by Gasteiger charge is 2.11. The van der Waals surface area contributed by atoms with E-state index in [1.165, 1.54) is 0 Å². The van der Waals surface area contributed by atoms with Gasteiger partial charge in [0.15, 0.2) is 0 Å². The minimum atomic E-state index is -0.556. The van der Waals surface area contributed by atoms with Gasteiger partial charge in [-0.15, -0.1) is 0 Å². The number of benzene rings is 4. The summed E-state index contributed by atoms with van der Waals surface area (Å²) in [5, 5.41) is 16.9. The van der Waals surface area contributed by atoms with Crippen molar-refractivity contribution >= 4 is 22.4 Å². The van der Waals surface area contributed by atoms with Crippen LogP contribution in [-0.4, -0.2) is 11.7 Å². The topological polar surface area (TPSA) is 41.5 Å². The lowest BCUT2D eigenvalue weighted by atomic mass is 10.0. The summed E-state index contributed by atoms with van der Waals surface area (Å²) in [7, 11) is 0. The van der Waals surface area contributed by atoms with Crippen LogP contribution in [-0.2, 0) is 13.2 Å². The Bertz CT molecular complexity index is 1100. The normalized spacial score (nSPS) is 12.1. The van der Waals surface area contributed by atoms with E-state index in [-0.39, 0.29) is 0 Å². The number of rotatable bonds is 8. The van der Waals surface area contributed by atoms with Crippen molar-refractivity contribution in [2.45, 2.75) is 19.3 Å². The Morgan fingerprint density at radius 3 is 2.37 bits per heavy atom. The zero-order chi connectivity index (χ0) is 20.8. The molecule has 4 aromatic carbocycles. The zero-order valence-corrected chi connectivity index (χ0v) is 17.3. The molecule has 4 rings (SSSR count). The average molecular weight is 418 g/mol. The molecule has 2 N–H and O–H groups in total. The number of ether oxygens (including phenoxy) is 1. The molecule has 30 heavy (non-hydrogen) atoms. The van der Waals surface area contributed by atoms with Gasteiger partial charge >= 0.3 is 0 Å². The lowest BCUT2D eigenvalue weighted by molar-refractivity contribution is 0.174. The lowest BCUT2D eigenvalue weighted by Crippen LogP contribution is -2.21. The third-order valence-corrected chi connectivity index (χ3v) is 5.38. The Kier molecular flexibility index (Phi) is 6.65. The first-order valence-corrected chi connectivity index (χ1v) is 10.4. The van der Waals surface area contributed by atoms with E-state index in [1.54, 1.807) is 0 Å². The predicted octanol–water partition coefficient (Wildman–Crippen LogP) is 5.90. The van der Waals surface area contributed by atoms with Gasteiger partial charge < -0.3 is 15.2 Å². The van der Waals surface area contributed by atoms with Gasteiger partial charge in [0.05, 0.1) is 6.10 Å². The highest BCUT2D eigenvalue weighted by atomic mass is 35.5. The fourth-order valence-electron chi connectivity index (χ4n) is 3.50. The van der Waals surface area contributed by atoms with Crippen LogP contribution in [0.1, 0.15) is 22.8 Å². The Hall–Kier alpha value is -2.85. The van der Waals surface area contributed by atoms with Gasteiger partial charge in [-0.05, 0) is 40.1 Å². The van der Waals surface area contributed by atoms with E-state index in [0.29, 0.717) is 24.7 Å². The second kappa shape index (κ2) is 9.77.